The lowest BCUT2D eigenvalue weighted by Crippen LogP contribution is -2.26. The van der Waals surface area contributed by atoms with Gasteiger partial charge >= 0.3 is 0 Å². The lowest BCUT2D eigenvalue weighted by atomic mass is 10.3. The summed E-state index contributed by atoms with van der Waals surface area (Å²) in [6.07, 6.45) is 2.54. The molecule has 0 bridgehead atoms. The molecule has 0 fully saturated rings. The van der Waals surface area contributed by atoms with Crippen LogP contribution in [-0.4, -0.2) is 28.9 Å². The number of rotatable bonds is 5. The number of hydrogen-bond acceptors (Lipinski definition) is 5. The topological polar surface area (TPSA) is 71.3 Å². The Morgan fingerprint density at radius 3 is 2.82 bits per heavy atom. The fraction of sp³-hybridized carbons (Fsp3) is 0.300. The summed E-state index contributed by atoms with van der Waals surface area (Å²) in [4.78, 5) is 15.5. The molecule has 0 radical (unpaired) electrons. The number of nitrogens with one attached hydrogen (secondary N) is 1. The van der Waals surface area contributed by atoms with Crippen LogP contribution < -0.4 is 5.32 Å². The summed E-state index contributed by atoms with van der Waals surface area (Å²) < 4.78 is 0. The molecule has 0 aromatic carbocycles. The predicted octanol–water partition coefficient (Wildman–Crippen LogP) is 1.46. The molecule has 0 aliphatic heterocycles. The average Bonchev–Trinajstić information content (AvgIpc) is 2.25. The monoisotopic (exact) mass is 256 g/mol. The van der Waals surface area contributed by atoms with E-state index in [4.69, 9.17) is 11.6 Å². The largest absolute Gasteiger partial charge is 0.362 e. The molecule has 6 nitrogen and oxygen atoms in total. The van der Waals surface area contributed by atoms with E-state index in [9.17, 15) is 10.1 Å². The average molecular weight is 257 g/mol. The van der Waals surface area contributed by atoms with Crippen LogP contribution in [0.5, 0.6) is 0 Å². The minimum absolute atomic E-state index is 0.419. The first-order chi connectivity index (χ1) is 7.99. The van der Waals surface area contributed by atoms with E-state index in [-0.39, 0.29) is 0 Å². The van der Waals surface area contributed by atoms with Crippen molar-refractivity contribution < 1.29 is 4.92 Å². The molecule has 0 aliphatic carbocycles. The molecule has 1 heterocycles. The van der Waals surface area contributed by atoms with Gasteiger partial charge in [-0.05, 0) is 11.6 Å². The zero-order valence-electron chi connectivity index (χ0n) is 9.55. The second kappa shape index (κ2) is 6.05. The van der Waals surface area contributed by atoms with Gasteiger partial charge in [0, 0.05) is 26.8 Å². The van der Waals surface area contributed by atoms with E-state index in [1.165, 1.54) is 0 Å². The molecule has 0 saturated heterocycles. The van der Waals surface area contributed by atoms with Gasteiger partial charge in [0.05, 0.1) is 4.92 Å². The Morgan fingerprint density at radius 1 is 1.65 bits per heavy atom. The molecule has 17 heavy (non-hydrogen) atoms. The van der Waals surface area contributed by atoms with Crippen LogP contribution in [0.4, 0.5) is 0 Å². The SMILES string of the molecule is CN(C)/C(=C/[N+](=O)[O-])NCc1ccc(Cl)nc1. The van der Waals surface area contributed by atoms with Crippen molar-refractivity contribution in [2.75, 3.05) is 14.1 Å². The number of halogens is 1. The predicted molar refractivity (Wildman–Crippen MR) is 64.9 cm³/mol. The summed E-state index contributed by atoms with van der Waals surface area (Å²) in [6, 6.07) is 3.48. The smallest absolute Gasteiger partial charge is 0.274 e. The van der Waals surface area contributed by atoms with Gasteiger partial charge in [0.15, 0.2) is 5.82 Å². The van der Waals surface area contributed by atoms with E-state index in [2.05, 4.69) is 10.3 Å². The van der Waals surface area contributed by atoms with Crippen LogP contribution in [0, 0.1) is 10.1 Å². The summed E-state index contributed by atoms with van der Waals surface area (Å²) in [7, 11) is 3.45. The van der Waals surface area contributed by atoms with Crippen molar-refractivity contribution in [2.45, 2.75) is 6.54 Å². The molecule has 0 spiro atoms. The van der Waals surface area contributed by atoms with Crippen molar-refractivity contribution in [3.05, 3.63) is 51.2 Å². The molecule has 0 unspecified atom stereocenters. The summed E-state index contributed by atoms with van der Waals surface area (Å²) in [6.45, 7) is 0.446. The second-order valence-electron chi connectivity index (χ2n) is 3.54. The fourth-order valence-corrected chi connectivity index (χ4v) is 1.23. The molecule has 1 aromatic rings. The molecule has 0 aliphatic rings. The molecule has 0 amide bonds. The zero-order valence-corrected chi connectivity index (χ0v) is 10.3. The Balaban J connectivity index is 2.64. The van der Waals surface area contributed by atoms with Crippen LogP contribution in [0.25, 0.3) is 0 Å². The van der Waals surface area contributed by atoms with Crippen LogP contribution in [0.1, 0.15) is 5.56 Å². The lowest BCUT2D eigenvalue weighted by Gasteiger charge is -2.16. The highest BCUT2D eigenvalue weighted by Crippen LogP contribution is 2.05. The Labute approximate surface area is 104 Å². The molecular formula is C10H13ClN4O2. The summed E-state index contributed by atoms with van der Waals surface area (Å²) >= 11 is 5.65. The summed E-state index contributed by atoms with van der Waals surface area (Å²) in [5, 5.41) is 13.8. The van der Waals surface area contributed by atoms with Gasteiger partial charge in [-0.2, -0.15) is 0 Å². The molecular weight excluding hydrogens is 244 g/mol. The van der Waals surface area contributed by atoms with Crippen molar-refractivity contribution >= 4 is 11.6 Å². The standard InChI is InChI=1S/C10H13ClN4O2/c1-14(2)10(7-15(16)17)13-6-8-3-4-9(11)12-5-8/h3-5,7,13H,6H2,1-2H3/b10-7+. The molecule has 0 atom stereocenters. The third-order valence-electron chi connectivity index (χ3n) is 1.97. The Morgan fingerprint density at radius 2 is 2.35 bits per heavy atom. The first-order valence-electron chi connectivity index (χ1n) is 4.86. The molecule has 0 saturated carbocycles. The van der Waals surface area contributed by atoms with Gasteiger partial charge in [0.1, 0.15) is 5.15 Å². The first-order valence-corrected chi connectivity index (χ1v) is 5.24. The highest BCUT2D eigenvalue weighted by atomic mass is 35.5. The van der Waals surface area contributed by atoms with Crippen LogP contribution in [-0.2, 0) is 6.54 Å². The van der Waals surface area contributed by atoms with Crippen LogP contribution >= 0.6 is 11.6 Å². The molecule has 1 aromatic heterocycles. The maximum absolute atomic E-state index is 10.4. The van der Waals surface area contributed by atoms with E-state index in [0.717, 1.165) is 11.8 Å². The maximum Gasteiger partial charge on any atom is 0.274 e. The van der Waals surface area contributed by atoms with Gasteiger partial charge in [0.2, 0.25) is 0 Å². The summed E-state index contributed by atoms with van der Waals surface area (Å²) in [5.74, 6) is 0.421. The molecule has 1 rings (SSSR count). The highest BCUT2D eigenvalue weighted by Gasteiger charge is 2.05. The number of hydrogen-bond donors (Lipinski definition) is 1. The molecule has 1 N–H and O–H groups in total. The second-order valence-corrected chi connectivity index (χ2v) is 3.92. The number of nitro groups is 1. The van der Waals surface area contributed by atoms with Gasteiger partial charge < -0.3 is 10.2 Å². The van der Waals surface area contributed by atoms with Crippen LogP contribution in [0.15, 0.2) is 30.4 Å². The Bertz CT molecular complexity index is 417. The van der Waals surface area contributed by atoms with Gasteiger partial charge in [-0.3, -0.25) is 10.1 Å². The number of aromatic nitrogens is 1. The highest BCUT2D eigenvalue weighted by molar-refractivity contribution is 6.29. The van der Waals surface area contributed by atoms with Crippen molar-refractivity contribution in [2.24, 2.45) is 0 Å². The van der Waals surface area contributed by atoms with E-state index in [1.54, 1.807) is 31.3 Å². The van der Waals surface area contributed by atoms with E-state index in [0.29, 0.717) is 17.5 Å². The Hall–Kier alpha value is -1.82. The van der Waals surface area contributed by atoms with Crippen molar-refractivity contribution in [3.63, 3.8) is 0 Å². The first kappa shape index (κ1) is 13.2. The third kappa shape index (κ3) is 4.69. The van der Waals surface area contributed by atoms with Crippen LogP contribution in [0.2, 0.25) is 5.15 Å². The van der Waals surface area contributed by atoms with Crippen molar-refractivity contribution in [1.82, 2.24) is 15.2 Å². The van der Waals surface area contributed by atoms with E-state index < -0.39 is 4.92 Å². The van der Waals surface area contributed by atoms with E-state index >= 15 is 0 Å². The van der Waals surface area contributed by atoms with Crippen LogP contribution in [0.3, 0.4) is 0 Å². The van der Waals surface area contributed by atoms with Crippen molar-refractivity contribution in [1.29, 1.82) is 0 Å². The molecule has 7 heteroatoms. The normalized spacial score (nSPS) is 11.1. The van der Waals surface area contributed by atoms with E-state index in [1.807, 2.05) is 6.07 Å². The number of pyridine rings is 1. The Kier molecular flexibility index (Phi) is 4.71. The van der Waals surface area contributed by atoms with Gasteiger partial charge in [-0.15, -0.1) is 0 Å². The van der Waals surface area contributed by atoms with Gasteiger partial charge in [-0.1, -0.05) is 17.7 Å². The summed E-state index contributed by atoms with van der Waals surface area (Å²) in [5.41, 5.74) is 0.894. The fourth-order valence-electron chi connectivity index (χ4n) is 1.12. The maximum atomic E-state index is 10.4. The minimum Gasteiger partial charge on any atom is -0.362 e. The zero-order chi connectivity index (χ0) is 12.8. The van der Waals surface area contributed by atoms with Gasteiger partial charge in [0.25, 0.3) is 6.20 Å². The molecule has 92 valence electrons. The minimum atomic E-state index is -0.498. The lowest BCUT2D eigenvalue weighted by molar-refractivity contribution is -0.404. The van der Waals surface area contributed by atoms with Crippen molar-refractivity contribution in [3.8, 4) is 0 Å². The van der Waals surface area contributed by atoms with Gasteiger partial charge in [-0.25, -0.2) is 4.98 Å². The number of nitrogens with zero attached hydrogens (tertiary/aromatic N) is 3. The quantitative estimate of drug-likeness (QED) is 0.491. The third-order valence-corrected chi connectivity index (χ3v) is 2.20.